The summed E-state index contributed by atoms with van der Waals surface area (Å²) in [5.74, 6) is -1.48. The van der Waals surface area contributed by atoms with Gasteiger partial charge in [-0.3, -0.25) is 4.79 Å². The molecule has 2 N–H and O–H groups in total. The number of hydrogen-bond donors (Lipinski definition) is 2. The number of hydrogen-bond acceptors (Lipinski definition) is 2. The van der Waals surface area contributed by atoms with Crippen molar-refractivity contribution in [3.05, 3.63) is 29.8 Å². The lowest BCUT2D eigenvalue weighted by molar-refractivity contribution is -0.141. The lowest BCUT2D eigenvalue weighted by Crippen LogP contribution is -2.39. The van der Waals surface area contributed by atoms with E-state index in [1.54, 1.807) is 6.92 Å². The Kier molecular flexibility index (Phi) is 6.03. The topological polar surface area (TPSA) is 69.6 Å². The van der Waals surface area contributed by atoms with Crippen molar-refractivity contribution in [2.45, 2.75) is 27.2 Å². The van der Waals surface area contributed by atoms with Gasteiger partial charge in [0.25, 0.3) is 0 Å². The van der Waals surface area contributed by atoms with Crippen LogP contribution in [0, 0.1) is 5.92 Å². The number of amides is 2. The van der Waals surface area contributed by atoms with Crippen molar-refractivity contribution >= 4 is 17.7 Å². The van der Waals surface area contributed by atoms with Gasteiger partial charge >= 0.3 is 12.0 Å². The van der Waals surface area contributed by atoms with Crippen LogP contribution in [0.15, 0.2) is 24.3 Å². The van der Waals surface area contributed by atoms with Crippen LogP contribution in [-0.2, 0) is 11.2 Å². The quantitative estimate of drug-likeness (QED) is 0.840. The molecule has 0 spiro atoms. The van der Waals surface area contributed by atoms with E-state index in [-0.39, 0.29) is 12.6 Å². The first kappa shape index (κ1) is 16.0. The van der Waals surface area contributed by atoms with Crippen molar-refractivity contribution in [1.29, 1.82) is 0 Å². The second kappa shape index (κ2) is 7.53. The summed E-state index contributed by atoms with van der Waals surface area (Å²) < 4.78 is 0. The molecule has 0 aromatic heterocycles. The Balaban J connectivity index is 2.64. The fourth-order valence-corrected chi connectivity index (χ4v) is 1.79. The van der Waals surface area contributed by atoms with Crippen LogP contribution in [0.5, 0.6) is 0 Å². The Bertz CT molecular complexity index is 457. The first-order chi connectivity index (χ1) is 9.47. The molecule has 1 atom stereocenters. The summed E-state index contributed by atoms with van der Waals surface area (Å²) in [5.41, 5.74) is 1.92. The maximum Gasteiger partial charge on any atom is 0.321 e. The Hall–Kier alpha value is -2.04. The lowest BCUT2D eigenvalue weighted by Gasteiger charge is -2.23. The number of rotatable bonds is 6. The molecule has 0 aliphatic carbocycles. The lowest BCUT2D eigenvalue weighted by atomic mass is 10.1. The van der Waals surface area contributed by atoms with Crippen molar-refractivity contribution in [3.63, 3.8) is 0 Å². The second-order valence-electron chi connectivity index (χ2n) is 4.76. The molecule has 0 bridgehead atoms. The first-order valence-corrected chi connectivity index (χ1v) is 6.85. The molecule has 1 aromatic carbocycles. The number of carboxylic acids is 1. The number of anilines is 1. The third-order valence-electron chi connectivity index (χ3n) is 3.20. The molecule has 0 heterocycles. The summed E-state index contributed by atoms with van der Waals surface area (Å²) in [7, 11) is 0. The molecular weight excluding hydrogens is 256 g/mol. The number of nitrogens with one attached hydrogen (secondary N) is 1. The van der Waals surface area contributed by atoms with E-state index in [1.165, 1.54) is 10.5 Å². The zero-order valence-electron chi connectivity index (χ0n) is 12.2. The SMILES string of the molecule is CCc1ccc(NC(=O)N(CC)CC(C)C(=O)O)cc1. The van der Waals surface area contributed by atoms with E-state index in [0.29, 0.717) is 12.2 Å². The van der Waals surface area contributed by atoms with Crippen LogP contribution < -0.4 is 5.32 Å². The van der Waals surface area contributed by atoms with Gasteiger partial charge in [-0.25, -0.2) is 4.79 Å². The van der Waals surface area contributed by atoms with Gasteiger partial charge in [-0.2, -0.15) is 0 Å². The Morgan fingerprint density at radius 3 is 2.30 bits per heavy atom. The summed E-state index contributed by atoms with van der Waals surface area (Å²) in [4.78, 5) is 24.4. The van der Waals surface area contributed by atoms with E-state index < -0.39 is 11.9 Å². The molecule has 110 valence electrons. The minimum atomic E-state index is -0.899. The highest BCUT2D eigenvalue weighted by molar-refractivity contribution is 5.89. The van der Waals surface area contributed by atoms with Crippen molar-refractivity contribution in [2.24, 2.45) is 5.92 Å². The summed E-state index contributed by atoms with van der Waals surface area (Å²) in [6.07, 6.45) is 0.950. The van der Waals surface area contributed by atoms with Crippen LogP contribution in [0.3, 0.4) is 0 Å². The zero-order valence-corrected chi connectivity index (χ0v) is 12.2. The summed E-state index contributed by atoms with van der Waals surface area (Å²) in [6, 6.07) is 7.36. The molecule has 0 radical (unpaired) electrons. The van der Waals surface area contributed by atoms with Crippen molar-refractivity contribution in [3.8, 4) is 0 Å². The van der Waals surface area contributed by atoms with Crippen LogP contribution in [0.2, 0.25) is 0 Å². The van der Waals surface area contributed by atoms with Gasteiger partial charge in [0.2, 0.25) is 0 Å². The monoisotopic (exact) mass is 278 g/mol. The number of carbonyl (C=O) groups excluding carboxylic acids is 1. The van der Waals surface area contributed by atoms with Gasteiger partial charge in [0.15, 0.2) is 0 Å². The molecule has 20 heavy (non-hydrogen) atoms. The van der Waals surface area contributed by atoms with Crippen molar-refractivity contribution in [1.82, 2.24) is 4.90 Å². The maximum absolute atomic E-state index is 12.1. The molecule has 0 saturated heterocycles. The van der Waals surface area contributed by atoms with Crippen LogP contribution in [0.4, 0.5) is 10.5 Å². The highest BCUT2D eigenvalue weighted by Gasteiger charge is 2.19. The van der Waals surface area contributed by atoms with Crippen molar-refractivity contribution in [2.75, 3.05) is 18.4 Å². The van der Waals surface area contributed by atoms with E-state index in [9.17, 15) is 9.59 Å². The molecule has 5 heteroatoms. The molecule has 0 saturated carbocycles. The van der Waals surface area contributed by atoms with Gasteiger partial charge in [-0.15, -0.1) is 0 Å². The highest BCUT2D eigenvalue weighted by Crippen LogP contribution is 2.11. The largest absolute Gasteiger partial charge is 0.481 e. The van der Waals surface area contributed by atoms with Gasteiger partial charge < -0.3 is 15.3 Å². The average molecular weight is 278 g/mol. The molecular formula is C15H22N2O3. The van der Waals surface area contributed by atoms with Gasteiger partial charge in [0.05, 0.1) is 5.92 Å². The molecule has 0 fully saturated rings. The number of carbonyl (C=O) groups is 2. The molecule has 0 aliphatic heterocycles. The minimum Gasteiger partial charge on any atom is -0.481 e. The average Bonchev–Trinajstić information content (AvgIpc) is 2.44. The Morgan fingerprint density at radius 1 is 1.25 bits per heavy atom. The van der Waals surface area contributed by atoms with E-state index in [4.69, 9.17) is 5.11 Å². The molecule has 1 rings (SSSR count). The maximum atomic E-state index is 12.1. The number of benzene rings is 1. The van der Waals surface area contributed by atoms with Crippen LogP contribution in [0.1, 0.15) is 26.3 Å². The summed E-state index contributed by atoms with van der Waals surface area (Å²) in [5, 5.41) is 11.7. The fraction of sp³-hybridized carbons (Fsp3) is 0.467. The van der Waals surface area contributed by atoms with E-state index >= 15 is 0 Å². The number of urea groups is 1. The normalized spacial score (nSPS) is 11.8. The number of nitrogens with zero attached hydrogens (tertiary/aromatic N) is 1. The summed E-state index contributed by atoms with van der Waals surface area (Å²) in [6.45, 7) is 6.16. The Morgan fingerprint density at radius 2 is 1.85 bits per heavy atom. The van der Waals surface area contributed by atoms with E-state index in [2.05, 4.69) is 12.2 Å². The van der Waals surface area contributed by atoms with E-state index in [0.717, 1.165) is 6.42 Å². The zero-order chi connectivity index (χ0) is 15.1. The molecule has 0 aliphatic rings. The van der Waals surface area contributed by atoms with Gasteiger partial charge in [-0.1, -0.05) is 26.0 Å². The Labute approximate surface area is 119 Å². The molecule has 1 unspecified atom stereocenters. The van der Waals surface area contributed by atoms with Crippen LogP contribution in [0.25, 0.3) is 0 Å². The third kappa shape index (κ3) is 4.57. The molecule has 1 aromatic rings. The van der Waals surface area contributed by atoms with Gasteiger partial charge in [0, 0.05) is 18.8 Å². The standard InChI is InChI=1S/C15H22N2O3/c1-4-12-6-8-13(9-7-12)16-15(20)17(5-2)10-11(3)14(18)19/h6-9,11H,4-5,10H2,1-3H3,(H,16,20)(H,18,19). The predicted molar refractivity (Wildman–Crippen MR) is 78.9 cm³/mol. The third-order valence-corrected chi connectivity index (χ3v) is 3.20. The smallest absolute Gasteiger partial charge is 0.321 e. The number of aryl methyl sites for hydroxylation is 1. The van der Waals surface area contributed by atoms with Gasteiger partial charge in [-0.05, 0) is 31.0 Å². The molecule has 5 nitrogen and oxygen atoms in total. The minimum absolute atomic E-state index is 0.199. The fourth-order valence-electron chi connectivity index (χ4n) is 1.79. The van der Waals surface area contributed by atoms with Crippen LogP contribution in [-0.4, -0.2) is 35.1 Å². The van der Waals surface area contributed by atoms with Crippen molar-refractivity contribution < 1.29 is 14.7 Å². The second-order valence-corrected chi connectivity index (χ2v) is 4.76. The first-order valence-electron chi connectivity index (χ1n) is 6.85. The van der Waals surface area contributed by atoms with Crippen LogP contribution >= 0.6 is 0 Å². The number of aliphatic carboxylic acids is 1. The van der Waals surface area contributed by atoms with Gasteiger partial charge in [0.1, 0.15) is 0 Å². The molecule has 2 amide bonds. The number of carboxylic acid groups (broad SMARTS) is 1. The van der Waals surface area contributed by atoms with E-state index in [1.807, 2.05) is 31.2 Å². The summed E-state index contributed by atoms with van der Waals surface area (Å²) >= 11 is 0. The predicted octanol–water partition coefficient (Wildman–Crippen LogP) is 2.82. The highest BCUT2D eigenvalue weighted by atomic mass is 16.4.